The number of ether oxygens (including phenoxy) is 1. The van der Waals surface area contributed by atoms with E-state index >= 15 is 0 Å². The molecule has 1 fully saturated rings. The van der Waals surface area contributed by atoms with Crippen LogP contribution in [-0.2, 0) is 4.74 Å². The lowest BCUT2D eigenvalue weighted by Gasteiger charge is -2.21. The maximum Gasteiger partial charge on any atom is 0.0693 e. The van der Waals surface area contributed by atoms with Gasteiger partial charge in [-0.3, -0.25) is 0 Å². The van der Waals surface area contributed by atoms with Crippen molar-refractivity contribution in [3.8, 4) is 0 Å². The Morgan fingerprint density at radius 2 is 2.07 bits per heavy atom. The second kappa shape index (κ2) is 8.08. The van der Waals surface area contributed by atoms with Gasteiger partial charge in [-0.2, -0.15) is 0 Å². The summed E-state index contributed by atoms with van der Waals surface area (Å²) < 4.78 is 5.27. The molecule has 0 aromatic heterocycles. The third-order valence-corrected chi connectivity index (χ3v) is 3.06. The molecule has 0 aliphatic heterocycles. The summed E-state index contributed by atoms with van der Waals surface area (Å²) in [5.41, 5.74) is 0. The fourth-order valence-electron chi connectivity index (χ4n) is 2.13. The van der Waals surface area contributed by atoms with Crippen LogP contribution >= 0.6 is 0 Å². The van der Waals surface area contributed by atoms with Crippen LogP contribution in [-0.4, -0.2) is 37.0 Å². The second-order valence-corrected chi connectivity index (χ2v) is 4.32. The smallest absolute Gasteiger partial charge is 0.0693 e. The standard InChI is InChI=1S/C12H25NO2/c1-2-15-10-6-9-13-11-7-4-3-5-8-12(11)14/h11-14H,2-10H2,1H3. The zero-order valence-corrected chi connectivity index (χ0v) is 9.87. The number of hydrogen-bond acceptors (Lipinski definition) is 3. The molecule has 0 bridgehead atoms. The van der Waals surface area contributed by atoms with Crippen LogP contribution in [0.5, 0.6) is 0 Å². The van der Waals surface area contributed by atoms with E-state index in [2.05, 4.69) is 5.32 Å². The molecule has 2 N–H and O–H groups in total. The first kappa shape index (κ1) is 12.9. The number of rotatable bonds is 6. The van der Waals surface area contributed by atoms with Crippen molar-refractivity contribution in [3.05, 3.63) is 0 Å². The van der Waals surface area contributed by atoms with Gasteiger partial charge in [-0.05, 0) is 32.7 Å². The topological polar surface area (TPSA) is 41.5 Å². The highest BCUT2D eigenvalue weighted by Gasteiger charge is 2.20. The maximum atomic E-state index is 9.86. The Bertz CT molecular complexity index is 153. The molecule has 90 valence electrons. The van der Waals surface area contributed by atoms with Crippen molar-refractivity contribution in [2.45, 2.75) is 57.6 Å². The second-order valence-electron chi connectivity index (χ2n) is 4.32. The van der Waals surface area contributed by atoms with Crippen molar-refractivity contribution < 1.29 is 9.84 Å². The molecule has 1 aliphatic rings. The molecule has 0 spiro atoms. The Morgan fingerprint density at radius 3 is 2.87 bits per heavy atom. The first-order chi connectivity index (χ1) is 7.34. The molecule has 0 amide bonds. The number of nitrogens with one attached hydrogen (secondary N) is 1. The molecular weight excluding hydrogens is 190 g/mol. The van der Waals surface area contributed by atoms with Crippen LogP contribution in [0, 0.1) is 0 Å². The molecule has 2 unspecified atom stereocenters. The normalized spacial score (nSPS) is 27.6. The summed E-state index contributed by atoms with van der Waals surface area (Å²) in [7, 11) is 0. The lowest BCUT2D eigenvalue weighted by molar-refractivity contribution is 0.113. The van der Waals surface area contributed by atoms with Gasteiger partial charge in [0.2, 0.25) is 0 Å². The van der Waals surface area contributed by atoms with Crippen molar-refractivity contribution in [2.24, 2.45) is 0 Å². The van der Waals surface area contributed by atoms with Gasteiger partial charge in [-0.15, -0.1) is 0 Å². The Hall–Kier alpha value is -0.120. The van der Waals surface area contributed by atoms with Gasteiger partial charge < -0.3 is 15.2 Å². The summed E-state index contributed by atoms with van der Waals surface area (Å²) in [6.45, 7) is 4.60. The van der Waals surface area contributed by atoms with Crippen LogP contribution in [0.3, 0.4) is 0 Å². The third kappa shape index (κ3) is 5.50. The summed E-state index contributed by atoms with van der Waals surface area (Å²) in [5, 5.41) is 13.3. The summed E-state index contributed by atoms with van der Waals surface area (Å²) >= 11 is 0. The molecule has 3 nitrogen and oxygen atoms in total. The molecule has 3 heteroatoms. The molecule has 1 aliphatic carbocycles. The zero-order chi connectivity index (χ0) is 10.9. The summed E-state index contributed by atoms with van der Waals surface area (Å²) in [5.74, 6) is 0. The van der Waals surface area contributed by atoms with Crippen LogP contribution in [0.2, 0.25) is 0 Å². The zero-order valence-electron chi connectivity index (χ0n) is 9.87. The molecule has 0 radical (unpaired) electrons. The highest BCUT2D eigenvalue weighted by molar-refractivity contribution is 4.78. The Kier molecular flexibility index (Phi) is 6.98. The fourth-order valence-corrected chi connectivity index (χ4v) is 2.13. The predicted molar refractivity (Wildman–Crippen MR) is 62.0 cm³/mol. The van der Waals surface area contributed by atoms with Crippen molar-refractivity contribution >= 4 is 0 Å². The minimum absolute atomic E-state index is 0.139. The minimum atomic E-state index is -0.139. The molecule has 1 saturated carbocycles. The van der Waals surface area contributed by atoms with Crippen LogP contribution in [0.25, 0.3) is 0 Å². The summed E-state index contributed by atoms with van der Waals surface area (Å²) in [6, 6.07) is 0.314. The average molecular weight is 215 g/mol. The van der Waals surface area contributed by atoms with E-state index in [0.717, 1.165) is 39.0 Å². The summed E-state index contributed by atoms with van der Waals surface area (Å²) in [6.07, 6.45) is 6.68. The van der Waals surface area contributed by atoms with Crippen LogP contribution < -0.4 is 5.32 Å². The lowest BCUT2D eigenvalue weighted by Crippen LogP contribution is -2.39. The fraction of sp³-hybridized carbons (Fsp3) is 1.00. The highest BCUT2D eigenvalue weighted by Crippen LogP contribution is 2.17. The van der Waals surface area contributed by atoms with Crippen LogP contribution in [0.15, 0.2) is 0 Å². The Morgan fingerprint density at radius 1 is 1.27 bits per heavy atom. The first-order valence-corrected chi connectivity index (χ1v) is 6.33. The van der Waals surface area contributed by atoms with E-state index in [1.54, 1.807) is 0 Å². The molecule has 2 atom stereocenters. The molecule has 15 heavy (non-hydrogen) atoms. The maximum absolute atomic E-state index is 9.86. The van der Waals surface area contributed by atoms with Gasteiger partial charge >= 0.3 is 0 Å². The molecule has 0 heterocycles. The van der Waals surface area contributed by atoms with Gasteiger partial charge in [-0.25, -0.2) is 0 Å². The SMILES string of the molecule is CCOCCCNC1CCCCCC1O. The molecule has 0 aromatic carbocycles. The van der Waals surface area contributed by atoms with E-state index in [-0.39, 0.29) is 6.10 Å². The van der Waals surface area contributed by atoms with Gasteiger partial charge in [-0.1, -0.05) is 19.3 Å². The minimum Gasteiger partial charge on any atom is -0.392 e. The van der Waals surface area contributed by atoms with Gasteiger partial charge in [0, 0.05) is 19.3 Å². The lowest BCUT2D eigenvalue weighted by atomic mass is 10.1. The van der Waals surface area contributed by atoms with E-state index in [9.17, 15) is 5.11 Å². The number of hydrogen-bond donors (Lipinski definition) is 2. The van der Waals surface area contributed by atoms with Gasteiger partial charge in [0.1, 0.15) is 0 Å². The quantitative estimate of drug-likeness (QED) is 0.523. The first-order valence-electron chi connectivity index (χ1n) is 6.33. The average Bonchev–Trinajstić information content (AvgIpc) is 2.44. The van der Waals surface area contributed by atoms with E-state index in [4.69, 9.17) is 4.74 Å². The monoisotopic (exact) mass is 215 g/mol. The van der Waals surface area contributed by atoms with E-state index in [0.29, 0.717) is 6.04 Å². The van der Waals surface area contributed by atoms with E-state index in [1.165, 1.54) is 19.3 Å². The van der Waals surface area contributed by atoms with Crippen LogP contribution in [0.1, 0.15) is 45.4 Å². The molecule has 0 aromatic rings. The van der Waals surface area contributed by atoms with Crippen LogP contribution in [0.4, 0.5) is 0 Å². The van der Waals surface area contributed by atoms with Gasteiger partial charge in [0.25, 0.3) is 0 Å². The van der Waals surface area contributed by atoms with Gasteiger partial charge in [0.15, 0.2) is 0 Å². The predicted octanol–water partition coefficient (Wildman–Crippen LogP) is 1.70. The van der Waals surface area contributed by atoms with E-state index < -0.39 is 0 Å². The van der Waals surface area contributed by atoms with Crippen molar-refractivity contribution in [1.29, 1.82) is 0 Å². The van der Waals surface area contributed by atoms with Gasteiger partial charge in [0.05, 0.1) is 6.10 Å². The number of aliphatic hydroxyl groups is 1. The largest absolute Gasteiger partial charge is 0.392 e. The number of aliphatic hydroxyl groups excluding tert-OH is 1. The van der Waals surface area contributed by atoms with E-state index in [1.807, 2.05) is 6.92 Å². The van der Waals surface area contributed by atoms with Crippen molar-refractivity contribution in [3.63, 3.8) is 0 Å². The van der Waals surface area contributed by atoms with Crippen molar-refractivity contribution in [2.75, 3.05) is 19.8 Å². The Labute approximate surface area is 93.2 Å². The third-order valence-electron chi connectivity index (χ3n) is 3.06. The molecular formula is C12H25NO2. The van der Waals surface area contributed by atoms with Crippen molar-refractivity contribution in [1.82, 2.24) is 5.32 Å². The Balaban J connectivity index is 2.07. The molecule has 1 rings (SSSR count). The summed E-state index contributed by atoms with van der Waals surface area (Å²) in [4.78, 5) is 0. The molecule has 0 saturated heterocycles. The highest BCUT2D eigenvalue weighted by atomic mass is 16.5.